The number of hydrogen-bond acceptors (Lipinski definition) is 7. The molecule has 4 aliphatic rings. The summed E-state index contributed by atoms with van der Waals surface area (Å²) in [6.45, 7) is 0.284. The number of benzene rings is 1. The maximum absolute atomic E-state index is 13.9. The molecule has 8 nitrogen and oxygen atoms in total. The van der Waals surface area contributed by atoms with Gasteiger partial charge in [0.2, 0.25) is 5.91 Å². The molecule has 0 aromatic heterocycles. The van der Waals surface area contributed by atoms with E-state index in [1.54, 1.807) is 42.4 Å². The third kappa shape index (κ3) is 2.98. The molecule has 168 valence electrons. The molecule has 4 aliphatic heterocycles. The van der Waals surface area contributed by atoms with Crippen molar-refractivity contribution in [3.05, 3.63) is 48.6 Å². The first-order valence-corrected chi connectivity index (χ1v) is 11.5. The van der Waals surface area contributed by atoms with Crippen LogP contribution in [0.25, 0.3) is 0 Å². The number of carbonyl (C=O) groups excluding carboxylic acids is 3. The van der Waals surface area contributed by atoms with Crippen molar-refractivity contribution in [2.24, 2.45) is 11.8 Å². The van der Waals surface area contributed by atoms with Gasteiger partial charge >= 0.3 is 5.97 Å². The van der Waals surface area contributed by atoms with Gasteiger partial charge in [0.15, 0.2) is 0 Å². The van der Waals surface area contributed by atoms with Crippen LogP contribution in [0.15, 0.2) is 48.6 Å². The summed E-state index contributed by atoms with van der Waals surface area (Å²) in [5, 5.41) is 9.41. The number of likely N-dealkylation sites (tertiary alicyclic amines) is 1. The number of carbonyl (C=O) groups is 3. The van der Waals surface area contributed by atoms with Crippen LogP contribution < -0.4 is 9.64 Å². The molecule has 5 rings (SSSR count). The summed E-state index contributed by atoms with van der Waals surface area (Å²) < 4.78 is 9.64. The van der Waals surface area contributed by atoms with E-state index in [4.69, 9.17) is 9.47 Å². The Labute approximate surface area is 189 Å². The summed E-state index contributed by atoms with van der Waals surface area (Å²) in [6, 6.07) is 6.35. The third-order valence-electron chi connectivity index (χ3n) is 6.64. The maximum atomic E-state index is 13.9. The lowest BCUT2D eigenvalue weighted by Crippen LogP contribution is -2.53. The fourth-order valence-electron chi connectivity index (χ4n) is 5.31. The zero-order chi connectivity index (χ0) is 22.5. The van der Waals surface area contributed by atoms with Gasteiger partial charge in [-0.3, -0.25) is 14.4 Å². The number of thioether (sulfide) groups is 1. The van der Waals surface area contributed by atoms with Gasteiger partial charge in [-0.1, -0.05) is 24.3 Å². The largest absolute Gasteiger partial charge is 0.497 e. The number of ether oxygens (including phenoxy) is 2. The van der Waals surface area contributed by atoms with Crippen LogP contribution in [0.1, 0.15) is 0 Å². The van der Waals surface area contributed by atoms with Crippen molar-refractivity contribution in [2.45, 2.75) is 16.0 Å². The number of nitrogens with zero attached hydrogens (tertiary/aromatic N) is 2. The van der Waals surface area contributed by atoms with Crippen molar-refractivity contribution in [1.82, 2.24) is 4.90 Å². The summed E-state index contributed by atoms with van der Waals surface area (Å²) in [7, 11) is 1.58. The monoisotopic (exact) mass is 456 g/mol. The number of aliphatic hydroxyl groups excluding tert-OH is 1. The molecule has 1 aromatic carbocycles. The highest BCUT2D eigenvalue weighted by atomic mass is 32.2. The van der Waals surface area contributed by atoms with Crippen LogP contribution in [-0.2, 0) is 19.1 Å². The van der Waals surface area contributed by atoms with Gasteiger partial charge < -0.3 is 24.4 Å². The molecule has 5 atom stereocenters. The molecule has 1 unspecified atom stereocenters. The molecule has 32 heavy (non-hydrogen) atoms. The number of anilines is 1. The number of cyclic esters (lactones) is 1. The summed E-state index contributed by atoms with van der Waals surface area (Å²) in [5.41, 5.74) is 0.689. The molecule has 4 heterocycles. The maximum Gasteiger partial charge on any atom is 0.311 e. The van der Waals surface area contributed by atoms with Crippen molar-refractivity contribution >= 4 is 35.2 Å². The van der Waals surface area contributed by atoms with Crippen LogP contribution in [0.2, 0.25) is 0 Å². The molecule has 0 saturated carbocycles. The highest BCUT2D eigenvalue weighted by Gasteiger charge is 2.71. The number of fused-ring (bicyclic) bond motifs is 2. The van der Waals surface area contributed by atoms with E-state index < -0.39 is 28.6 Å². The lowest BCUT2D eigenvalue weighted by atomic mass is 9.78. The summed E-state index contributed by atoms with van der Waals surface area (Å²) >= 11 is 1.48. The average Bonchev–Trinajstić information content (AvgIpc) is 3.08. The van der Waals surface area contributed by atoms with Crippen molar-refractivity contribution in [3.8, 4) is 5.75 Å². The first kappa shape index (κ1) is 21.1. The molecule has 2 fully saturated rings. The molecule has 2 amide bonds. The van der Waals surface area contributed by atoms with Gasteiger partial charge in [0, 0.05) is 24.0 Å². The minimum Gasteiger partial charge on any atom is -0.497 e. The fourth-order valence-corrected chi connectivity index (χ4v) is 7.31. The molecule has 0 aliphatic carbocycles. The van der Waals surface area contributed by atoms with Crippen LogP contribution in [0, 0.1) is 11.8 Å². The van der Waals surface area contributed by atoms with E-state index >= 15 is 0 Å². The molecule has 1 N–H and O–H groups in total. The Hall–Kier alpha value is -2.78. The molecule has 9 heteroatoms. The first-order valence-electron chi connectivity index (χ1n) is 10.6. The molecule has 0 radical (unpaired) electrons. The topological polar surface area (TPSA) is 96.4 Å². The number of amides is 2. The molecule has 1 spiro atoms. The number of esters is 1. The number of hydrogen-bond donors (Lipinski definition) is 1. The highest BCUT2D eigenvalue weighted by Crippen LogP contribution is 2.60. The Bertz CT molecular complexity index is 1010. The second-order valence-corrected chi connectivity index (χ2v) is 9.69. The van der Waals surface area contributed by atoms with Crippen molar-refractivity contribution in [2.75, 3.05) is 38.3 Å². The van der Waals surface area contributed by atoms with Gasteiger partial charge in [-0.25, -0.2) is 0 Å². The van der Waals surface area contributed by atoms with Gasteiger partial charge in [0.1, 0.15) is 18.4 Å². The highest BCUT2D eigenvalue weighted by molar-refractivity contribution is 8.02. The number of methoxy groups -OCH3 is 1. The van der Waals surface area contributed by atoms with E-state index in [-0.39, 0.29) is 36.8 Å². The van der Waals surface area contributed by atoms with E-state index in [1.807, 2.05) is 18.2 Å². The smallest absolute Gasteiger partial charge is 0.311 e. The number of β-amino-alcohol motifs (C(OH)–C–C–N with tert-alkyl or cyclic N) is 1. The van der Waals surface area contributed by atoms with Gasteiger partial charge in [0.05, 0.1) is 30.3 Å². The van der Waals surface area contributed by atoms with E-state index in [0.29, 0.717) is 18.0 Å². The minimum absolute atomic E-state index is 0.0284. The summed E-state index contributed by atoms with van der Waals surface area (Å²) in [4.78, 5) is 43.4. The normalized spacial score (nSPS) is 33.4. The van der Waals surface area contributed by atoms with E-state index in [2.05, 4.69) is 0 Å². The molecule has 2 saturated heterocycles. The van der Waals surface area contributed by atoms with Gasteiger partial charge in [-0.2, -0.15) is 0 Å². The lowest BCUT2D eigenvalue weighted by molar-refractivity contribution is -0.151. The first-order chi connectivity index (χ1) is 15.5. The van der Waals surface area contributed by atoms with Crippen molar-refractivity contribution in [1.29, 1.82) is 0 Å². The lowest BCUT2D eigenvalue weighted by Gasteiger charge is -2.35. The number of rotatable bonds is 4. The Balaban J connectivity index is 1.59. The molecular weight excluding hydrogens is 432 g/mol. The Morgan fingerprint density at radius 1 is 1.19 bits per heavy atom. The summed E-state index contributed by atoms with van der Waals surface area (Å²) in [5.74, 6) is -1.64. The predicted octanol–water partition coefficient (Wildman–Crippen LogP) is 1.00. The van der Waals surface area contributed by atoms with E-state index in [0.717, 1.165) is 0 Å². The quantitative estimate of drug-likeness (QED) is 0.533. The Morgan fingerprint density at radius 3 is 2.69 bits per heavy atom. The van der Waals surface area contributed by atoms with Crippen molar-refractivity contribution in [3.63, 3.8) is 0 Å². The molecular formula is C23H24N2O6S. The SMILES string of the molecule is COc1ccc(N2CC=C[C@]34S[C@H]5C=CCOC(=O)[C@H]5[C@H]3C(=O)N(CCO)C4C2=O)cc1. The van der Waals surface area contributed by atoms with Gasteiger partial charge in [-0.05, 0) is 24.3 Å². The average molecular weight is 457 g/mol. The van der Waals surface area contributed by atoms with Gasteiger partial charge in [0.25, 0.3) is 5.91 Å². The third-order valence-corrected chi connectivity index (χ3v) is 8.38. The molecule has 1 aromatic rings. The predicted molar refractivity (Wildman–Crippen MR) is 118 cm³/mol. The zero-order valence-corrected chi connectivity index (χ0v) is 18.4. The Kier molecular flexibility index (Phi) is 5.25. The van der Waals surface area contributed by atoms with E-state index in [1.165, 1.54) is 16.7 Å². The fraction of sp³-hybridized carbons (Fsp3) is 0.435. The van der Waals surface area contributed by atoms with Gasteiger partial charge in [-0.15, -0.1) is 11.8 Å². The van der Waals surface area contributed by atoms with Crippen LogP contribution in [0.4, 0.5) is 5.69 Å². The van der Waals surface area contributed by atoms with Crippen molar-refractivity contribution < 1.29 is 29.0 Å². The van der Waals surface area contributed by atoms with E-state index in [9.17, 15) is 19.5 Å². The van der Waals surface area contributed by atoms with Crippen LogP contribution in [0.5, 0.6) is 5.75 Å². The van der Waals surface area contributed by atoms with Crippen LogP contribution in [-0.4, -0.2) is 77.2 Å². The summed E-state index contributed by atoms with van der Waals surface area (Å²) in [6.07, 6.45) is 7.54. The zero-order valence-electron chi connectivity index (χ0n) is 17.5. The number of aliphatic hydroxyl groups is 1. The Morgan fingerprint density at radius 2 is 1.97 bits per heavy atom. The van der Waals surface area contributed by atoms with Crippen LogP contribution in [0.3, 0.4) is 0 Å². The second-order valence-electron chi connectivity index (χ2n) is 8.20. The minimum atomic E-state index is -0.902. The second kappa shape index (κ2) is 7.97. The molecule has 0 bridgehead atoms. The standard InChI is InChI=1S/C23H24N2O6S/c1-30-15-7-5-14(6-8-15)24-10-3-9-23-18(17-16(32-23)4-2-13-31-22(17)29)20(27)25(11-12-26)19(23)21(24)28/h2-9,16-19,26H,10-13H2,1H3/t16-,17+,18-,19?,23-/m0/s1. The van der Waals surface area contributed by atoms with Crippen LogP contribution >= 0.6 is 11.8 Å².